The molecule has 0 N–H and O–H groups in total. The van der Waals surface area contributed by atoms with E-state index in [1.54, 1.807) is 6.26 Å². The molecule has 4 heteroatoms. The largest absolute Gasteiger partial charge is 0.468 e. The molecular formula is C16H25NO3. The first-order valence-electron chi connectivity index (χ1n) is 7.76. The van der Waals surface area contributed by atoms with Crippen LogP contribution < -0.4 is 0 Å². The van der Waals surface area contributed by atoms with E-state index in [9.17, 15) is 0 Å². The fourth-order valence-electron chi connectivity index (χ4n) is 3.66. The molecular weight excluding hydrogens is 254 g/mol. The number of rotatable bonds is 5. The molecule has 2 saturated heterocycles. The minimum absolute atomic E-state index is 0.180. The summed E-state index contributed by atoms with van der Waals surface area (Å²) in [6.45, 7) is 7.62. The zero-order chi connectivity index (χ0) is 13.8. The highest BCUT2D eigenvalue weighted by molar-refractivity contribution is 5.01. The number of piperidine rings is 1. The zero-order valence-electron chi connectivity index (χ0n) is 12.3. The Balaban J connectivity index is 1.68. The molecule has 0 saturated carbocycles. The molecule has 0 bridgehead atoms. The van der Waals surface area contributed by atoms with Crippen LogP contribution in [0.1, 0.15) is 31.9 Å². The summed E-state index contributed by atoms with van der Waals surface area (Å²) in [6, 6.07) is 4.01. The first kappa shape index (κ1) is 14.1. The van der Waals surface area contributed by atoms with Crippen LogP contribution in [0.4, 0.5) is 0 Å². The van der Waals surface area contributed by atoms with Crippen molar-refractivity contribution in [1.29, 1.82) is 0 Å². The fourth-order valence-corrected chi connectivity index (χ4v) is 3.66. The molecule has 3 rings (SSSR count). The van der Waals surface area contributed by atoms with Gasteiger partial charge in [0, 0.05) is 31.7 Å². The van der Waals surface area contributed by atoms with Crippen LogP contribution in [0.3, 0.4) is 0 Å². The smallest absolute Gasteiger partial charge is 0.117 e. The van der Waals surface area contributed by atoms with Crippen molar-refractivity contribution in [3.05, 3.63) is 24.2 Å². The number of furan rings is 1. The van der Waals surface area contributed by atoms with Crippen molar-refractivity contribution in [2.24, 2.45) is 5.41 Å². The SMILES string of the molecule is CCOC[C@]12CCCO[C@@H]1CCN(Cc1ccco1)C2. The van der Waals surface area contributed by atoms with Crippen molar-refractivity contribution >= 4 is 0 Å². The maximum Gasteiger partial charge on any atom is 0.117 e. The lowest BCUT2D eigenvalue weighted by Crippen LogP contribution is -2.56. The van der Waals surface area contributed by atoms with Gasteiger partial charge in [-0.15, -0.1) is 0 Å². The van der Waals surface area contributed by atoms with E-state index in [1.165, 1.54) is 6.42 Å². The van der Waals surface area contributed by atoms with Gasteiger partial charge >= 0.3 is 0 Å². The van der Waals surface area contributed by atoms with Gasteiger partial charge < -0.3 is 13.9 Å². The van der Waals surface area contributed by atoms with Gasteiger partial charge in [0.05, 0.1) is 25.5 Å². The second-order valence-corrected chi connectivity index (χ2v) is 6.04. The Labute approximate surface area is 121 Å². The molecule has 2 aliphatic heterocycles. The monoisotopic (exact) mass is 279 g/mol. The normalized spacial score (nSPS) is 31.1. The summed E-state index contributed by atoms with van der Waals surface area (Å²) in [7, 11) is 0. The molecule has 112 valence electrons. The van der Waals surface area contributed by atoms with E-state index in [1.807, 2.05) is 6.07 Å². The van der Waals surface area contributed by atoms with Gasteiger partial charge in [0.1, 0.15) is 5.76 Å². The Kier molecular flexibility index (Phi) is 4.44. The molecule has 2 aliphatic rings. The van der Waals surface area contributed by atoms with Gasteiger partial charge in [-0.05, 0) is 38.3 Å². The predicted octanol–water partition coefficient (Wildman–Crippen LogP) is 2.69. The molecule has 1 aromatic heterocycles. The highest BCUT2D eigenvalue weighted by Gasteiger charge is 2.46. The van der Waals surface area contributed by atoms with Gasteiger partial charge in [0.2, 0.25) is 0 Å². The molecule has 2 atom stereocenters. The van der Waals surface area contributed by atoms with Crippen LogP contribution >= 0.6 is 0 Å². The Morgan fingerprint density at radius 3 is 3.25 bits per heavy atom. The van der Waals surface area contributed by atoms with Crippen molar-refractivity contribution in [2.45, 2.75) is 38.8 Å². The molecule has 0 unspecified atom stereocenters. The van der Waals surface area contributed by atoms with E-state index in [0.29, 0.717) is 6.10 Å². The van der Waals surface area contributed by atoms with Gasteiger partial charge in [-0.3, -0.25) is 4.90 Å². The summed E-state index contributed by atoms with van der Waals surface area (Å²) >= 11 is 0. The molecule has 2 fully saturated rings. The Bertz CT molecular complexity index is 406. The van der Waals surface area contributed by atoms with Crippen LogP contribution in [0, 0.1) is 5.41 Å². The fraction of sp³-hybridized carbons (Fsp3) is 0.750. The summed E-state index contributed by atoms with van der Waals surface area (Å²) in [5.74, 6) is 1.05. The molecule has 0 amide bonds. The second-order valence-electron chi connectivity index (χ2n) is 6.04. The third-order valence-corrected chi connectivity index (χ3v) is 4.62. The van der Waals surface area contributed by atoms with E-state index in [2.05, 4.69) is 17.9 Å². The topological polar surface area (TPSA) is 34.8 Å². The van der Waals surface area contributed by atoms with Gasteiger partial charge in [0.25, 0.3) is 0 Å². The summed E-state index contributed by atoms with van der Waals surface area (Å²) in [4.78, 5) is 2.49. The van der Waals surface area contributed by atoms with Crippen LogP contribution in [0.5, 0.6) is 0 Å². The predicted molar refractivity (Wildman–Crippen MR) is 76.5 cm³/mol. The first-order valence-corrected chi connectivity index (χ1v) is 7.76. The highest BCUT2D eigenvalue weighted by atomic mass is 16.5. The van der Waals surface area contributed by atoms with Crippen LogP contribution in [-0.2, 0) is 16.0 Å². The lowest BCUT2D eigenvalue weighted by molar-refractivity contribution is -0.153. The van der Waals surface area contributed by atoms with Crippen molar-refractivity contribution in [3.63, 3.8) is 0 Å². The van der Waals surface area contributed by atoms with E-state index in [4.69, 9.17) is 13.9 Å². The average molecular weight is 279 g/mol. The lowest BCUT2D eigenvalue weighted by Gasteiger charge is -2.50. The van der Waals surface area contributed by atoms with Gasteiger partial charge in [0.15, 0.2) is 0 Å². The van der Waals surface area contributed by atoms with Gasteiger partial charge in [-0.2, -0.15) is 0 Å². The third kappa shape index (κ3) is 2.92. The van der Waals surface area contributed by atoms with Gasteiger partial charge in [-0.1, -0.05) is 0 Å². The number of nitrogens with zero attached hydrogens (tertiary/aromatic N) is 1. The van der Waals surface area contributed by atoms with Gasteiger partial charge in [-0.25, -0.2) is 0 Å². The number of likely N-dealkylation sites (tertiary alicyclic amines) is 1. The molecule has 20 heavy (non-hydrogen) atoms. The minimum atomic E-state index is 0.180. The molecule has 1 aromatic rings. The maximum absolute atomic E-state index is 6.04. The van der Waals surface area contributed by atoms with Crippen molar-refractivity contribution in [3.8, 4) is 0 Å². The van der Waals surface area contributed by atoms with Crippen LogP contribution in [0.15, 0.2) is 22.8 Å². The Morgan fingerprint density at radius 1 is 1.50 bits per heavy atom. The number of hydrogen-bond acceptors (Lipinski definition) is 4. The van der Waals surface area contributed by atoms with E-state index >= 15 is 0 Å². The zero-order valence-corrected chi connectivity index (χ0v) is 12.3. The quantitative estimate of drug-likeness (QED) is 0.830. The van der Waals surface area contributed by atoms with E-state index in [-0.39, 0.29) is 5.41 Å². The van der Waals surface area contributed by atoms with Crippen LogP contribution in [0.2, 0.25) is 0 Å². The maximum atomic E-state index is 6.04. The minimum Gasteiger partial charge on any atom is -0.468 e. The van der Waals surface area contributed by atoms with Crippen molar-refractivity contribution in [1.82, 2.24) is 4.90 Å². The summed E-state index contributed by atoms with van der Waals surface area (Å²) in [6.07, 6.45) is 5.59. The second kappa shape index (κ2) is 6.29. The van der Waals surface area contributed by atoms with E-state index < -0.39 is 0 Å². The number of ether oxygens (including phenoxy) is 2. The molecule has 4 nitrogen and oxygen atoms in total. The molecule has 0 aliphatic carbocycles. The number of fused-ring (bicyclic) bond motifs is 1. The lowest BCUT2D eigenvalue weighted by atomic mass is 9.73. The highest BCUT2D eigenvalue weighted by Crippen LogP contribution is 2.40. The van der Waals surface area contributed by atoms with Crippen LogP contribution in [0.25, 0.3) is 0 Å². The van der Waals surface area contributed by atoms with Crippen LogP contribution in [-0.4, -0.2) is 43.9 Å². The van der Waals surface area contributed by atoms with Crippen molar-refractivity contribution in [2.75, 3.05) is 32.9 Å². The molecule has 0 radical (unpaired) electrons. The standard InChI is InChI=1S/C16H25NO3/c1-2-18-13-16-7-4-10-20-15(16)6-8-17(12-16)11-14-5-3-9-19-14/h3,5,9,15H,2,4,6-8,10-13H2,1H3/t15-,16-/m1/s1. The van der Waals surface area contributed by atoms with Crippen molar-refractivity contribution < 1.29 is 13.9 Å². The Hall–Kier alpha value is -0.840. The summed E-state index contributed by atoms with van der Waals surface area (Å²) < 4.78 is 17.3. The molecule has 3 heterocycles. The summed E-state index contributed by atoms with van der Waals surface area (Å²) in [5, 5.41) is 0. The Morgan fingerprint density at radius 2 is 2.45 bits per heavy atom. The average Bonchev–Trinajstić information content (AvgIpc) is 2.98. The molecule has 0 aromatic carbocycles. The third-order valence-electron chi connectivity index (χ3n) is 4.62. The first-order chi connectivity index (χ1) is 9.82. The summed E-state index contributed by atoms with van der Waals surface area (Å²) in [5.41, 5.74) is 0.180. The van der Waals surface area contributed by atoms with E-state index in [0.717, 1.165) is 58.1 Å². The number of hydrogen-bond donors (Lipinski definition) is 0. The molecule has 0 spiro atoms.